The van der Waals surface area contributed by atoms with E-state index >= 15 is 0 Å². The maximum absolute atomic E-state index is 9.37. The molecule has 3 nitrogen and oxygen atoms in total. The Morgan fingerprint density at radius 3 is 2.55 bits per heavy atom. The number of hydrogen-bond acceptors (Lipinski definition) is 2. The van der Waals surface area contributed by atoms with E-state index in [2.05, 4.69) is 35.0 Å². The quantitative estimate of drug-likeness (QED) is 0.787. The molecular formula is C17H17NO2. The molecule has 0 saturated carbocycles. The van der Waals surface area contributed by atoms with Gasteiger partial charge in [-0.1, -0.05) is 24.3 Å². The van der Waals surface area contributed by atoms with E-state index in [0.717, 1.165) is 28.8 Å². The summed E-state index contributed by atoms with van der Waals surface area (Å²) in [5.74, 6) is 0.869. The van der Waals surface area contributed by atoms with Crippen LogP contribution in [0.15, 0.2) is 54.7 Å². The van der Waals surface area contributed by atoms with Crippen molar-refractivity contribution < 1.29 is 9.84 Å². The zero-order valence-corrected chi connectivity index (χ0v) is 11.4. The molecule has 0 fully saturated rings. The molecule has 1 aromatic heterocycles. The Morgan fingerprint density at radius 2 is 1.85 bits per heavy atom. The van der Waals surface area contributed by atoms with E-state index in [1.807, 2.05) is 24.3 Å². The molecule has 3 heteroatoms. The van der Waals surface area contributed by atoms with Gasteiger partial charge in [0.15, 0.2) is 0 Å². The molecule has 1 N–H and O–H groups in total. The van der Waals surface area contributed by atoms with Crippen molar-refractivity contribution in [2.45, 2.75) is 13.2 Å². The largest absolute Gasteiger partial charge is 0.497 e. The molecule has 0 aliphatic rings. The van der Waals surface area contributed by atoms with Crippen LogP contribution in [0.4, 0.5) is 0 Å². The molecule has 0 saturated heterocycles. The van der Waals surface area contributed by atoms with Gasteiger partial charge in [-0.3, -0.25) is 0 Å². The topological polar surface area (TPSA) is 34.4 Å². The van der Waals surface area contributed by atoms with E-state index < -0.39 is 0 Å². The molecule has 0 aliphatic carbocycles. The molecule has 0 aliphatic heterocycles. The van der Waals surface area contributed by atoms with Gasteiger partial charge in [0, 0.05) is 23.6 Å². The second kappa shape index (κ2) is 5.39. The minimum atomic E-state index is 0.0733. The Labute approximate surface area is 118 Å². The number of rotatable bonds is 4. The van der Waals surface area contributed by atoms with Gasteiger partial charge in [-0.05, 0) is 35.4 Å². The Morgan fingerprint density at radius 1 is 1.05 bits per heavy atom. The highest BCUT2D eigenvalue weighted by molar-refractivity contribution is 5.83. The van der Waals surface area contributed by atoms with Gasteiger partial charge in [0.05, 0.1) is 13.7 Å². The number of nitrogens with zero attached hydrogens (tertiary/aromatic N) is 1. The van der Waals surface area contributed by atoms with Crippen LogP contribution in [-0.2, 0) is 13.2 Å². The van der Waals surface area contributed by atoms with Crippen LogP contribution in [0.5, 0.6) is 5.75 Å². The molecule has 1 heterocycles. The summed E-state index contributed by atoms with van der Waals surface area (Å²) in [6.45, 7) is 0.881. The lowest BCUT2D eigenvalue weighted by Gasteiger charge is -2.07. The molecule has 0 spiro atoms. The number of methoxy groups -OCH3 is 1. The molecule has 0 radical (unpaired) electrons. The van der Waals surface area contributed by atoms with Crippen LogP contribution < -0.4 is 4.74 Å². The first-order chi connectivity index (χ1) is 9.81. The fraction of sp³-hybridized carbons (Fsp3) is 0.176. The van der Waals surface area contributed by atoms with Gasteiger partial charge in [0.1, 0.15) is 5.75 Å². The van der Waals surface area contributed by atoms with Crippen LogP contribution >= 0.6 is 0 Å². The Hall–Kier alpha value is -2.26. The molecule has 0 bridgehead atoms. The highest BCUT2D eigenvalue weighted by Crippen LogP contribution is 2.22. The number of hydrogen-bond donors (Lipinski definition) is 1. The monoisotopic (exact) mass is 267 g/mol. The zero-order chi connectivity index (χ0) is 13.9. The van der Waals surface area contributed by atoms with Crippen LogP contribution in [0.1, 0.15) is 11.1 Å². The third-order valence-electron chi connectivity index (χ3n) is 3.59. The van der Waals surface area contributed by atoms with Gasteiger partial charge >= 0.3 is 0 Å². The van der Waals surface area contributed by atoms with E-state index in [1.54, 1.807) is 7.11 Å². The molecule has 0 unspecified atom stereocenters. The molecule has 3 aromatic rings. The zero-order valence-electron chi connectivity index (χ0n) is 11.4. The van der Waals surface area contributed by atoms with Gasteiger partial charge in [0.25, 0.3) is 0 Å². The summed E-state index contributed by atoms with van der Waals surface area (Å²) >= 11 is 0. The van der Waals surface area contributed by atoms with Gasteiger partial charge in [-0.25, -0.2) is 0 Å². The van der Waals surface area contributed by atoms with Gasteiger partial charge in [-0.2, -0.15) is 0 Å². The van der Waals surface area contributed by atoms with Crippen molar-refractivity contribution in [3.05, 3.63) is 65.9 Å². The Bertz CT molecular complexity index is 713. The highest BCUT2D eigenvalue weighted by Gasteiger charge is 2.05. The lowest BCUT2D eigenvalue weighted by atomic mass is 10.1. The normalized spacial score (nSPS) is 10.9. The number of aliphatic hydroxyl groups excluding tert-OH is 1. The smallest absolute Gasteiger partial charge is 0.118 e. The van der Waals surface area contributed by atoms with Crippen molar-refractivity contribution in [3.8, 4) is 5.75 Å². The van der Waals surface area contributed by atoms with E-state index in [4.69, 9.17) is 4.74 Å². The highest BCUT2D eigenvalue weighted by atomic mass is 16.5. The first-order valence-corrected chi connectivity index (χ1v) is 6.62. The first-order valence-electron chi connectivity index (χ1n) is 6.62. The third kappa shape index (κ3) is 2.28. The Balaban J connectivity index is 1.94. The van der Waals surface area contributed by atoms with Gasteiger partial charge in [0.2, 0.25) is 0 Å². The van der Waals surface area contributed by atoms with E-state index in [9.17, 15) is 5.11 Å². The van der Waals surface area contributed by atoms with Gasteiger partial charge in [-0.15, -0.1) is 0 Å². The minimum Gasteiger partial charge on any atom is -0.497 e. The van der Waals surface area contributed by atoms with Crippen LogP contribution in [0.3, 0.4) is 0 Å². The van der Waals surface area contributed by atoms with Crippen molar-refractivity contribution in [1.82, 2.24) is 4.57 Å². The third-order valence-corrected chi connectivity index (χ3v) is 3.59. The molecule has 2 aromatic carbocycles. The SMILES string of the molecule is COc1ccc(Cn2ccc3c(CO)cccc32)cc1. The van der Waals surface area contributed by atoms with Crippen LogP contribution in [0.25, 0.3) is 10.9 Å². The van der Waals surface area contributed by atoms with Crippen molar-refractivity contribution in [1.29, 1.82) is 0 Å². The number of aliphatic hydroxyl groups is 1. The average Bonchev–Trinajstić information content (AvgIpc) is 2.91. The molecule has 0 amide bonds. The minimum absolute atomic E-state index is 0.0733. The van der Waals surface area contributed by atoms with E-state index in [-0.39, 0.29) is 6.61 Å². The summed E-state index contributed by atoms with van der Waals surface area (Å²) in [5, 5.41) is 10.5. The van der Waals surface area contributed by atoms with Crippen LogP contribution in [0.2, 0.25) is 0 Å². The number of aromatic nitrogens is 1. The number of ether oxygens (including phenoxy) is 1. The average molecular weight is 267 g/mol. The maximum Gasteiger partial charge on any atom is 0.118 e. The fourth-order valence-corrected chi connectivity index (χ4v) is 2.49. The van der Waals surface area contributed by atoms with Crippen LogP contribution in [0, 0.1) is 0 Å². The summed E-state index contributed by atoms with van der Waals surface area (Å²) in [6, 6.07) is 16.2. The standard InChI is InChI=1S/C17H17NO2/c1-20-15-7-5-13(6-8-15)11-18-10-9-16-14(12-19)3-2-4-17(16)18/h2-10,19H,11-12H2,1H3. The summed E-state index contributed by atoms with van der Waals surface area (Å²) < 4.78 is 7.36. The molecule has 102 valence electrons. The molecule has 0 atom stereocenters. The van der Waals surface area contributed by atoms with Crippen molar-refractivity contribution in [3.63, 3.8) is 0 Å². The fourth-order valence-electron chi connectivity index (χ4n) is 2.49. The summed E-state index contributed by atoms with van der Waals surface area (Å²) in [7, 11) is 1.67. The molecular weight excluding hydrogens is 250 g/mol. The van der Waals surface area contributed by atoms with Crippen molar-refractivity contribution in [2.75, 3.05) is 7.11 Å². The number of benzene rings is 2. The van der Waals surface area contributed by atoms with E-state index in [1.165, 1.54) is 5.56 Å². The van der Waals surface area contributed by atoms with Crippen LogP contribution in [-0.4, -0.2) is 16.8 Å². The van der Waals surface area contributed by atoms with Gasteiger partial charge < -0.3 is 14.4 Å². The lowest BCUT2D eigenvalue weighted by molar-refractivity contribution is 0.283. The maximum atomic E-state index is 9.37. The lowest BCUT2D eigenvalue weighted by Crippen LogP contribution is -1.98. The van der Waals surface area contributed by atoms with E-state index in [0.29, 0.717) is 0 Å². The summed E-state index contributed by atoms with van der Waals surface area (Å²) in [6.07, 6.45) is 2.06. The molecule has 3 rings (SSSR count). The predicted octanol–water partition coefficient (Wildman–Crippen LogP) is 3.19. The predicted molar refractivity (Wildman–Crippen MR) is 80.0 cm³/mol. The summed E-state index contributed by atoms with van der Waals surface area (Å²) in [4.78, 5) is 0. The number of fused-ring (bicyclic) bond motifs is 1. The second-order valence-electron chi connectivity index (χ2n) is 4.80. The second-order valence-corrected chi connectivity index (χ2v) is 4.80. The first kappa shape index (κ1) is 12.8. The summed E-state index contributed by atoms with van der Waals surface area (Å²) in [5.41, 5.74) is 3.33. The van der Waals surface area contributed by atoms with Crippen molar-refractivity contribution in [2.24, 2.45) is 0 Å². The Kier molecular flexibility index (Phi) is 3.44. The van der Waals surface area contributed by atoms with Crippen molar-refractivity contribution >= 4 is 10.9 Å². The molecule has 20 heavy (non-hydrogen) atoms.